The summed E-state index contributed by atoms with van der Waals surface area (Å²) in [5, 5.41) is 11.6. The molecular formula is C22H25N5O3. The number of anilines is 3. The van der Waals surface area contributed by atoms with Gasteiger partial charge in [-0.3, -0.25) is 9.59 Å². The summed E-state index contributed by atoms with van der Waals surface area (Å²) >= 11 is 0. The molecule has 0 spiro atoms. The van der Waals surface area contributed by atoms with E-state index in [0.717, 1.165) is 24.6 Å². The number of nitrogens with zero attached hydrogens (tertiary/aromatic N) is 4. The molecule has 0 unspecified atom stereocenters. The lowest BCUT2D eigenvalue weighted by molar-refractivity contribution is -0.122. The molecule has 0 bridgehead atoms. The van der Waals surface area contributed by atoms with Crippen molar-refractivity contribution in [2.75, 3.05) is 48.0 Å². The summed E-state index contributed by atoms with van der Waals surface area (Å²) in [5.74, 6) is 0.410. The van der Waals surface area contributed by atoms with Crippen molar-refractivity contribution in [1.82, 2.24) is 4.98 Å². The van der Waals surface area contributed by atoms with Crippen LogP contribution in [0.15, 0.2) is 48.7 Å². The van der Waals surface area contributed by atoms with Gasteiger partial charge in [0.15, 0.2) is 0 Å². The highest BCUT2D eigenvalue weighted by Gasteiger charge is 2.17. The van der Waals surface area contributed by atoms with Crippen molar-refractivity contribution in [3.8, 4) is 6.07 Å². The first kappa shape index (κ1) is 21.3. The van der Waals surface area contributed by atoms with Crippen molar-refractivity contribution in [3.63, 3.8) is 0 Å². The standard InChI is InChI=1S/C22H25N5O3/c23-11-4-12-27(19-5-2-1-3-6-19)22(29)10-9-21(28)25-18-7-8-20(24-17-18)26-13-15-30-16-14-26/h1-3,5-8,17H,4,9-10,12-16H2,(H,25,28). The van der Waals surface area contributed by atoms with E-state index in [4.69, 9.17) is 10.00 Å². The molecule has 1 aromatic carbocycles. The van der Waals surface area contributed by atoms with Crippen LogP contribution in [-0.2, 0) is 14.3 Å². The van der Waals surface area contributed by atoms with Gasteiger partial charge in [0.2, 0.25) is 11.8 Å². The van der Waals surface area contributed by atoms with Crippen LogP contribution in [0.5, 0.6) is 0 Å². The molecule has 0 atom stereocenters. The number of amides is 2. The zero-order valence-electron chi connectivity index (χ0n) is 16.8. The number of hydrogen-bond donors (Lipinski definition) is 1. The summed E-state index contributed by atoms with van der Waals surface area (Å²) in [6, 6.07) is 14.9. The van der Waals surface area contributed by atoms with Gasteiger partial charge in [0.1, 0.15) is 5.82 Å². The second-order valence-electron chi connectivity index (χ2n) is 6.84. The lowest BCUT2D eigenvalue weighted by Crippen LogP contribution is -2.36. The van der Waals surface area contributed by atoms with Crippen LogP contribution in [0.4, 0.5) is 17.2 Å². The molecule has 8 nitrogen and oxygen atoms in total. The molecule has 2 amide bonds. The van der Waals surface area contributed by atoms with Crippen molar-refractivity contribution >= 4 is 29.0 Å². The predicted octanol–water partition coefficient (Wildman–Crippen LogP) is 2.58. The molecule has 1 saturated heterocycles. The molecule has 1 N–H and O–H groups in total. The molecular weight excluding hydrogens is 382 g/mol. The Hall–Kier alpha value is -3.44. The second kappa shape index (κ2) is 10.9. The minimum absolute atomic E-state index is 0.0555. The highest BCUT2D eigenvalue weighted by atomic mass is 16.5. The van der Waals surface area contributed by atoms with Crippen LogP contribution in [-0.4, -0.2) is 49.6 Å². The van der Waals surface area contributed by atoms with E-state index < -0.39 is 0 Å². The van der Waals surface area contributed by atoms with Crippen LogP contribution in [0, 0.1) is 11.3 Å². The first-order valence-electron chi connectivity index (χ1n) is 9.98. The van der Waals surface area contributed by atoms with Crippen LogP contribution < -0.4 is 15.1 Å². The lowest BCUT2D eigenvalue weighted by Gasteiger charge is -2.27. The van der Waals surface area contributed by atoms with Crippen LogP contribution in [0.3, 0.4) is 0 Å². The maximum atomic E-state index is 12.6. The number of para-hydroxylation sites is 1. The maximum Gasteiger partial charge on any atom is 0.227 e. The first-order chi connectivity index (χ1) is 14.7. The van der Waals surface area contributed by atoms with Crippen LogP contribution in [0.2, 0.25) is 0 Å². The molecule has 1 aliphatic rings. The number of benzene rings is 1. The second-order valence-corrected chi connectivity index (χ2v) is 6.84. The number of rotatable bonds is 8. The monoisotopic (exact) mass is 407 g/mol. The molecule has 2 heterocycles. The molecule has 3 rings (SSSR count). The fraction of sp³-hybridized carbons (Fsp3) is 0.364. The summed E-state index contributed by atoms with van der Waals surface area (Å²) < 4.78 is 5.34. The van der Waals surface area contributed by atoms with Gasteiger partial charge in [0.05, 0.1) is 37.6 Å². The zero-order chi connectivity index (χ0) is 21.2. The van der Waals surface area contributed by atoms with E-state index in [1.54, 1.807) is 17.2 Å². The van der Waals surface area contributed by atoms with E-state index in [2.05, 4.69) is 21.3 Å². The van der Waals surface area contributed by atoms with E-state index in [1.165, 1.54) is 0 Å². The van der Waals surface area contributed by atoms with E-state index in [1.807, 2.05) is 36.4 Å². The fourth-order valence-electron chi connectivity index (χ4n) is 3.19. The van der Waals surface area contributed by atoms with Crippen LogP contribution in [0.1, 0.15) is 19.3 Å². The largest absolute Gasteiger partial charge is 0.378 e. The number of morpholine rings is 1. The minimum Gasteiger partial charge on any atom is -0.378 e. The van der Waals surface area contributed by atoms with Crippen molar-refractivity contribution in [1.29, 1.82) is 5.26 Å². The third-order valence-corrected chi connectivity index (χ3v) is 4.75. The molecule has 1 fully saturated rings. The first-order valence-corrected chi connectivity index (χ1v) is 9.98. The van der Waals surface area contributed by atoms with Gasteiger partial charge in [-0.05, 0) is 24.3 Å². The number of nitrogens with one attached hydrogen (secondary N) is 1. The summed E-state index contributed by atoms with van der Waals surface area (Å²) in [7, 11) is 0. The van der Waals surface area contributed by atoms with Crippen molar-refractivity contribution in [2.45, 2.75) is 19.3 Å². The molecule has 156 valence electrons. The van der Waals surface area contributed by atoms with Crippen LogP contribution >= 0.6 is 0 Å². The Balaban J connectivity index is 1.51. The van der Waals surface area contributed by atoms with Gasteiger partial charge in [0.25, 0.3) is 0 Å². The lowest BCUT2D eigenvalue weighted by atomic mass is 10.2. The molecule has 0 radical (unpaired) electrons. The smallest absolute Gasteiger partial charge is 0.227 e. The Labute approximate surface area is 176 Å². The van der Waals surface area contributed by atoms with Crippen molar-refractivity contribution in [3.05, 3.63) is 48.7 Å². The average molecular weight is 407 g/mol. The highest BCUT2D eigenvalue weighted by Crippen LogP contribution is 2.17. The van der Waals surface area contributed by atoms with Crippen molar-refractivity contribution < 1.29 is 14.3 Å². The number of pyridine rings is 1. The summed E-state index contributed by atoms with van der Waals surface area (Å²) in [4.78, 5) is 33.0. The van der Waals surface area contributed by atoms with Crippen LogP contribution in [0.25, 0.3) is 0 Å². The van der Waals surface area contributed by atoms with Gasteiger partial charge in [0, 0.05) is 38.2 Å². The van der Waals surface area contributed by atoms with E-state index in [9.17, 15) is 9.59 Å². The molecule has 8 heteroatoms. The summed E-state index contributed by atoms with van der Waals surface area (Å²) in [6.07, 6.45) is 1.97. The van der Waals surface area contributed by atoms with E-state index in [-0.39, 0.29) is 31.1 Å². The fourth-order valence-corrected chi connectivity index (χ4v) is 3.19. The van der Waals surface area contributed by atoms with Gasteiger partial charge in [-0.15, -0.1) is 0 Å². The molecule has 30 heavy (non-hydrogen) atoms. The average Bonchev–Trinajstić information content (AvgIpc) is 2.80. The SMILES string of the molecule is N#CCCN(C(=O)CCC(=O)Nc1ccc(N2CCOCC2)nc1)c1ccccc1. The summed E-state index contributed by atoms with van der Waals surface area (Å²) in [6.45, 7) is 3.26. The third-order valence-electron chi connectivity index (χ3n) is 4.75. The number of aromatic nitrogens is 1. The van der Waals surface area contributed by atoms with Gasteiger partial charge in [-0.25, -0.2) is 4.98 Å². The molecule has 2 aromatic rings. The van der Waals surface area contributed by atoms with E-state index >= 15 is 0 Å². The number of carbonyl (C=O) groups excluding carboxylic acids is 2. The van der Waals surface area contributed by atoms with Gasteiger partial charge < -0.3 is 19.9 Å². The number of hydrogen-bond acceptors (Lipinski definition) is 6. The molecule has 0 saturated carbocycles. The third kappa shape index (κ3) is 6.03. The van der Waals surface area contributed by atoms with Crippen molar-refractivity contribution in [2.24, 2.45) is 0 Å². The Bertz CT molecular complexity index is 874. The highest BCUT2D eigenvalue weighted by molar-refractivity contribution is 5.98. The topological polar surface area (TPSA) is 98.6 Å². The predicted molar refractivity (Wildman–Crippen MR) is 114 cm³/mol. The normalized spacial score (nSPS) is 13.4. The molecule has 0 aliphatic carbocycles. The Morgan fingerprint density at radius 2 is 1.90 bits per heavy atom. The Morgan fingerprint density at radius 1 is 1.13 bits per heavy atom. The van der Waals surface area contributed by atoms with E-state index in [0.29, 0.717) is 25.4 Å². The Kier molecular flexibility index (Phi) is 7.75. The molecule has 1 aromatic heterocycles. The number of nitriles is 1. The summed E-state index contributed by atoms with van der Waals surface area (Å²) in [5.41, 5.74) is 1.31. The minimum atomic E-state index is -0.252. The quantitative estimate of drug-likeness (QED) is 0.722. The van der Waals surface area contributed by atoms with Gasteiger partial charge >= 0.3 is 0 Å². The number of ether oxygens (including phenoxy) is 1. The van der Waals surface area contributed by atoms with Gasteiger partial charge in [-0.1, -0.05) is 18.2 Å². The number of carbonyl (C=O) groups is 2. The maximum absolute atomic E-state index is 12.6. The molecule has 1 aliphatic heterocycles. The zero-order valence-corrected chi connectivity index (χ0v) is 16.8. The van der Waals surface area contributed by atoms with Gasteiger partial charge in [-0.2, -0.15) is 5.26 Å². The Morgan fingerprint density at radius 3 is 2.57 bits per heavy atom.